The van der Waals surface area contributed by atoms with Crippen LogP contribution >= 0.6 is 11.3 Å². The van der Waals surface area contributed by atoms with Crippen LogP contribution in [0.5, 0.6) is 0 Å². The van der Waals surface area contributed by atoms with E-state index in [-0.39, 0.29) is 12.1 Å². The summed E-state index contributed by atoms with van der Waals surface area (Å²) >= 11 is 1.39. The monoisotopic (exact) mass is 497 g/mol. The van der Waals surface area contributed by atoms with Gasteiger partial charge in [0.2, 0.25) is 0 Å². The first kappa shape index (κ1) is 23.8. The SMILES string of the molecule is C=C/C=C(\N=C(C)C)c1[nH]cnc1-c1ccc2ncc(-c3csc(C(=O)O[C@@H]4CCNC4)c3)cc2c1. The Morgan fingerprint density at radius 1 is 1.19 bits per heavy atom. The Morgan fingerprint density at radius 3 is 2.83 bits per heavy atom. The minimum atomic E-state index is -0.268. The summed E-state index contributed by atoms with van der Waals surface area (Å²) in [6.45, 7) is 9.33. The van der Waals surface area contributed by atoms with Crippen LogP contribution in [0.2, 0.25) is 0 Å². The normalized spacial score (nSPS) is 15.7. The number of carbonyl (C=O) groups excluding carboxylic acids is 1. The number of nitrogens with one attached hydrogen (secondary N) is 2. The maximum atomic E-state index is 12.5. The van der Waals surface area contributed by atoms with Crippen molar-refractivity contribution in [2.24, 2.45) is 4.99 Å². The molecule has 1 aliphatic rings. The second-order valence-electron chi connectivity index (χ2n) is 8.82. The zero-order valence-electron chi connectivity index (χ0n) is 20.2. The Kier molecular flexibility index (Phi) is 6.88. The number of pyridine rings is 1. The molecule has 2 N–H and O–H groups in total. The van der Waals surface area contributed by atoms with Gasteiger partial charge >= 0.3 is 5.97 Å². The first-order valence-electron chi connectivity index (χ1n) is 11.8. The maximum absolute atomic E-state index is 12.5. The summed E-state index contributed by atoms with van der Waals surface area (Å²) in [5.74, 6) is -0.268. The number of esters is 1. The topological polar surface area (TPSA) is 92.3 Å². The lowest BCUT2D eigenvalue weighted by atomic mass is 10.0. The number of H-pyrrole nitrogens is 1. The zero-order valence-corrected chi connectivity index (χ0v) is 21.1. The third kappa shape index (κ3) is 5.05. The van der Waals surface area contributed by atoms with Crippen LogP contribution in [-0.4, -0.2) is 45.8 Å². The molecule has 182 valence electrons. The van der Waals surface area contributed by atoms with E-state index < -0.39 is 0 Å². The van der Waals surface area contributed by atoms with Crippen molar-refractivity contribution in [2.75, 3.05) is 13.1 Å². The third-order valence-electron chi connectivity index (χ3n) is 5.89. The molecule has 36 heavy (non-hydrogen) atoms. The molecule has 1 atom stereocenters. The van der Waals surface area contributed by atoms with Crippen molar-refractivity contribution in [1.29, 1.82) is 0 Å². The molecule has 4 aromatic rings. The van der Waals surface area contributed by atoms with Gasteiger partial charge in [0.1, 0.15) is 11.0 Å². The van der Waals surface area contributed by atoms with Gasteiger partial charge in [-0.05, 0) is 68.1 Å². The number of nitrogens with zero attached hydrogens (tertiary/aromatic N) is 3. The van der Waals surface area contributed by atoms with Crippen LogP contribution in [-0.2, 0) is 4.74 Å². The molecule has 0 aliphatic carbocycles. The van der Waals surface area contributed by atoms with Crippen LogP contribution in [0.3, 0.4) is 0 Å². The van der Waals surface area contributed by atoms with E-state index in [0.717, 1.165) is 63.4 Å². The molecule has 0 unspecified atom stereocenters. The second-order valence-corrected chi connectivity index (χ2v) is 9.74. The fraction of sp³-hybridized carbons (Fsp3) is 0.214. The average molecular weight is 498 g/mol. The minimum absolute atomic E-state index is 0.0514. The van der Waals surface area contributed by atoms with Gasteiger partial charge in [0, 0.05) is 35.0 Å². The number of hydrogen-bond donors (Lipinski definition) is 2. The number of aliphatic imine (C=N–C) groups is 1. The quantitative estimate of drug-likeness (QED) is 0.189. The largest absolute Gasteiger partial charge is 0.457 e. The van der Waals surface area contributed by atoms with E-state index in [1.807, 2.05) is 49.7 Å². The first-order chi connectivity index (χ1) is 17.5. The first-order valence-corrected chi connectivity index (χ1v) is 12.7. The molecule has 5 rings (SSSR count). The number of ether oxygens (including phenoxy) is 1. The lowest BCUT2D eigenvalue weighted by molar-refractivity contribution is 0.0350. The number of imidazole rings is 1. The third-order valence-corrected chi connectivity index (χ3v) is 6.80. The molecule has 1 fully saturated rings. The molecule has 0 amide bonds. The molecule has 0 spiro atoms. The summed E-state index contributed by atoms with van der Waals surface area (Å²) in [7, 11) is 0. The molecule has 1 aromatic carbocycles. The van der Waals surface area contributed by atoms with Gasteiger partial charge in [-0.1, -0.05) is 18.7 Å². The van der Waals surface area contributed by atoms with Gasteiger partial charge in [0.15, 0.2) is 0 Å². The number of hydrogen-bond acceptors (Lipinski definition) is 7. The van der Waals surface area contributed by atoms with Crippen LogP contribution < -0.4 is 5.32 Å². The highest BCUT2D eigenvalue weighted by atomic mass is 32.1. The van der Waals surface area contributed by atoms with E-state index in [1.165, 1.54) is 11.3 Å². The molecule has 1 aliphatic heterocycles. The fourth-order valence-electron chi connectivity index (χ4n) is 4.21. The Hall–Kier alpha value is -3.88. The number of fused-ring (bicyclic) bond motifs is 1. The van der Waals surface area contributed by atoms with Crippen molar-refractivity contribution < 1.29 is 9.53 Å². The average Bonchev–Trinajstić information content (AvgIpc) is 3.65. The van der Waals surface area contributed by atoms with Gasteiger partial charge in [-0.2, -0.15) is 0 Å². The lowest BCUT2D eigenvalue weighted by Gasteiger charge is -2.09. The number of aromatic amines is 1. The van der Waals surface area contributed by atoms with Gasteiger partial charge in [-0.15, -0.1) is 11.3 Å². The van der Waals surface area contributed by atoms with E-state index in [1.54, 1.807) is 12.4 Å². The number of thiophene rings is 1. The second kappa shape index (κ2) is 10.4. The van der Waals surface area contributed by atoms with Crippen molar-refractivity contribution in [3.8, 4) is 22.4 Å². The summed E-state index contributed by atoms with van der Waals surface area (Å²) in [5.41, 5.74) is 7.08. The van der Waals surface area contributed by atoms with Crippen molar-refractivity contribution in [3.05, 3.63) is 77.5 Å². The Labute approximate surface area is 213 Å². The van der Waals surface area contributed by atoms with Gasteiger partial charge in [-0.25, -0.2) is 9.78 Å². The zero-order chi connectivity index (χ0) is 25.1. The molecule has 3 aromatic heterocycles. The summed E-state index contributed by atoms with van der Waals surface area (Å²) in [6.07, 6.45) is 7.90. The molecular formula is C28H27N5O2S. The Morgan fingerprint density at radius 2 is 2.06 bits per heavy atom. The van der Waals surface area contributed by atoms with Gasteiger partial charge < -0.3 is 15.0 Å². The standard InChI is InChI=1S/C28H27N5O2S/c1-4-5-24(33-17(2)3)27-26(31-16-32-27)18-6-7-23-19(10-18)11-20(13-30-23)21-12-25(36-15-21)28(34)35-22-8-9-29-14-22/h4-7,10-13,15-16,22,29H,1,8-9,14H2,2-3H3,(H,31,32)/b24-5-/t22-/m1/s1. The smallest absolute Gasteiger partial charge is 0.348 e. The maximum Gasteiger partial charge on any atom is 0.348 e. The number of aromatic nitrogens is 3. The highest BCUT2D eigenvalue weighted by molar-refractivity contribution is 7.12. The van der Waals surface area contributed by atoms with Crippen molar-refractivity contribution in [2.45, 2.75) is 26.4 Å². The number of benzene rings is 1. The van der Waals surface area contributed by atoms with Crippen molar-refractivity contribution >= 4 is 39.6 Å². The molecule has 0 radical (unpaired) electrons. The summed E-state index contributed by atoms with van der Waals surface area (Å²) in [6, 6.07) is 10.0. The lowest BCUT2D eigenvalue weighted by Crippen LogP contribution is -2.20. The summed E-state index contributed by atoms with van der Waals surface area (Å²) in [5, 5.41) is 6.17. The predicted molar refractivity (Wildman–Crippen MR) is 146 cm³/mol. The molecule has 7 nitrogen and oxygen atoms in total. The predicted octanol–water partition coefficient (Wildman–Crippen LogP) is 5.88. The van der Waals surface area contributed by atoms with E-state index in [2.05, 4.69) is 44.0 Å². The van der Waals surface area contributed by atoms with Crippen molar-refractivity contribution in [1.82, 2.24) is 20.3 Å². The van der Waals surface area contributed by atoms with Crippen LogP contribution in [0.1, 0.15) is 35.6 Å². The summed E-state index contributed by atoms with van der Waals surface area (Å²) < 4.78 is 5.61. The van der Waals surface area contributed by atoms with Crippen molar-refractivity contribution in [3.63, 3.8) is 0 Å². The Balaban J connectivity index is 1.45. The van der Waals surface area contributed by atoms with Gasteiger partial charge in [0.25, 0.3) is 0 Å². The molecule has 0 saturated carbocycles. The van der Waals surface area contributed by atoms with E-state index >= 15 is 0 Å². The molecule has 8 heteroatoms. The van der Waals surface area contributed by atoms with Crippen LogP contribution in [0.15, 0.2) is 72.0 Å². The Bertz CT molecular complexity index is 1490. The number of rotatable bonds is 7. The van der Waals surface area contributed by atoms with Crippen LogP contribution in [0.4, 0.5) is 0 Å². The minimum Gasteiger partial charge on any atom is -0.457 e. The molecular weight excluding hydrogens is 470 g/mol. The van der Waals surface area contributed by atoms with Crippen LogP contribution in [0.25, 0.3) is 39.0 Å². The fourth-order valence-corrected chi connectivity index (χ4v) is 5.00. The molecule has 4 heterocycles. The molecule has 0 bridgehead atoms. The van der Waals surface area contributed by atoms with Gasteiger partial charge in [0.05, 0.1) is 28.9 Å². The van der Waals surface area contributed by atoms with Crippen LogP contribution in [0, 0.1) is 0 Å². The number of carbonyl (C=O) groups is 1. The number of allylic oxidation sites excluding steroid dienone is 2. The molecule has 1 saturated heterocycles. The summed E-state index contributed by atoms with van der Waals surface area (Å²) in [4.78, 5) is 30.2. The van der Waals surface area contributed by atoms with Gasteiger partial charge in [-0.3, -0.25) is 9.98 Å². The highest BCUT2D eigenvalue weighted by Crippen LogP contribution is 2.32. The van der Waals surface area contributed by atoms with E-state index in [9.17, 15) is 4.79 Å². The van der Waals surface area contributed by atoms with E-state index in [4.69, 9.17) is 4.74 Å². The highest BCUT2D eigenvalue weighted by Gasteiger charge is 2.21. The van der Waals surface area contributed by atoms with E-state index in [0.29, 0.717) is 11.4 Å².